The molecule has 5 heteroatoms. The molecule has 0 N–H and O–H groups in total. The Morgan fingerprint density at radius 3 is 2.36 bits per heavy atom. The van der Waals surface area contributed by atoms with Crippen LogP contribution in [0.5, 0.6) is 0 Å². The van der Waals surface area contributed by atoms with Gasteiger partial charge in [-0.2, -0.15) is 0 Å². The second-order valence-electron chi connectivity index (χ2n) is 5.29. The second kappa shape index (κ2) is 7.77. The van der Waals surface area contributed by atoms with E-state index < -0.39 is 18.3 Å². The summed E-state index contributed by atoms with van der Waals surface area (Å²) < 4.78 is 31.8. The molecule has 0 saturated heterocycles. The van der Waals surface area contributed by atoms with Crippen LogP contribution in [0, 0.1) is 5.92 Å². The van der Waals surface area contributed by atoms with Gasteiger partial charge in [0.2, 0.25) is 0 Å². The highest BCUT2D eigenvalue weighted by molar-refractivity contribution is 7.98. The molecule has 2 nitrogen and oxygen atoms in total. The van der Waals surface area contributed by atoms with E-state index >= 15 is 0 Å². The Hall–Kier alpha value is -1.36. The molecule has 1 aliphatic rings. The zero-order chi connectivity index (χ0) is 16.1. The molecule has 3 atom stereocenters. The van der Waals surface area contributed by atoms with Gasteiger partial charge in [-0.15, -0.1) is 11.8 Å². The maximum atomic E-state index is 13.3. The highest BCUT2D eigenvalue weighted by Crippen LogP contribution is 2.34. The zero-order valence-corrected chi connectivity index (χ0v) is 13.5. The molecule has 0 radical (unpaired) electrons. The van der Waals surface area contributed by atoms with Crippen LogP contribution in [-0.2, 0) is 9.53 Å². The van der Waals surface area contributed by atoms with E-state index in [0.29, 0.717) is 11.1 Å². The summed E-state index contributed by atoms with van der Waals surface area (Å²) >= 11 is 1.61. The molecule has 1 aromatic carbocycles. The number of benzene rings is 1. The summed E-state index contributed by atoms with van der Waals surface area (Å²) in [5.41, 5.74) is 1.11. The van der Waals surface area contributed by atoms with E-state index in [0.717, 1.165) is 4.90 Å². The van der Waals surface area contributed by atoms with Crippen LogP contribution in [0.1, 0.15) is 25.3 Å². The first kappa shape index (κ1) is 17.0. The topological polar surface area (TPSA) is 26.3 Å². The van der Waals surface area contributed by atoms with Gasteiger partial charge in [0.05, 0.1) is 12.2 Å². The maximum Gasteiger partial charge on any atom is 0.338 e. The number of rotatable bonds is 5. The Morgan fingerprint density at radius 1 is 1.27 bits per heavy atom. The third kappa shape index (κ3) is 4.09. The van der Waals surface area contributed by atoms with Gasteiger partial charge < -0.3 is 4.74 Å². The van der Waals surface area contributed by atoms with E-state index in [1.165, 1.54) is 0 Å². The fourth-order valence-corrected chi connectivity index (χ4v) is 3.01. The molecule has 120 valence electrons. The van der Waals surface area contributed by atoms with Crippen molar-refractivity contribution in [2.24, 2.45) is 5.92 Å². The highest BCUT2D eigenvalue weighted by Gasteiger charge is 2.34. The molecule has 22 heavy (non-hydrogen) atoms. The average Bonchev–Trinajstić information content (AvgIpc) is 2.83. The lowest BCUT2D eigenvalue weighted by Crippen LogP contribution is -2.08. The molecule has 1 unspecified atom stereocenters. The van der Waals surface area contributed by atoms with Crippen LogP contribution >= 0.6 is 11.8 Å². The normalized spacial score (nSPS) is 25.3. The third-order valence-corrected chi connectivity index (χ3v) is 4.49. The van der Waals surface area contributed by atoms with Crippen LogP contribution in [0.15, 0.2) is 35.2 Å². The van der Waals surface area contributed by atoms with Crippen molar-refractivity contribution < 1.29 is 18.3 Å². The van der Waals surface area contributed by atoms with Crippen molar-refractivity contribution >= 4 is 23.3 Å². The molecule has 1 aromatic rings. The SMILES string of the molecule is CCOC(=O)/C(=C/C1C[C@@H](F)[C@@H](F)C1)c1ccc(SC)cc1. The number of alkyl halides is 2. The molecule has 0 aliphatic heterocycles. The predicted molar refractivity (Wildman–Crippen MR) is 85.3 cm³/mol. The van der Waals surface area contributed by atoms with Crippen molar-refractivity contribution in [2.75, 3.05) is 12.9 Å². The van der Waals surface area contributed by atoms with E-state index in [1.54, 1.807) is 24.8 Å². The summed E-state index contributed by atoms with van der Waals surface area (Å²) in [6.07, 6.45) is 0.989. The number of hydrogen-bond acceptors (Lipinski definition) is 3. The maximum absolute atomic E-state index is 13.3. The molecule has 1 saturated carbocycles. The fourth-order valence-electron chi connectivity index (χ4n) is 2.60. The number of carbonyl (C=O) groups is 1. The van der Waals surface area contributed by atoms with E-state index in [9.17, 15) is 13.6 Å². The van der Waals surface area contributed by atoms with E-state index in [1.807, 2.05) is 30.5 Å². The minimum Gasteiger partial charge on any atom is -0.462 e. The Bertz CT molecular complexity index is 532. The second-order valence-corrected chi connectivity index (χ2v) is 6.17. The first-order valence-corrected chi connectivity index (χ1v) is 8.59. The van der Waals surface area contributed by atoms with Gasteiger partial charge in [0.25, 0.3) is 0 Å². The van der Waals surface area contributed by atoms with Crippen LogP contribution in [0.25, 0.3) is 5.57 Å². The number of carbonyl (C=O) groups excluding carboxylic acids is 1. The van der Waals surface area contributed by atoms with Gasteiger partial charge in [0, 0.05) is 4.90 Å². The number of ether oxygens (including phenoxy) is 1. The number of thioether (sulfide) groups is 1. The molecular formula is C17H20F2O2S. The van der Waals surface area contributed by atoms with Crippen molar-refractivity contribution in [2.45, 2.75) is 37.0 Å². The number of halogens is 2. The smallest absolute Gasteiger partial charge is 0.338 e. The summed E-state index contributed by atoms with van der Waals surface area (Å²) in [5.74, 6) is -0.721. The summed E-state index contributed by atoms with van der Waals surface area (Å²) in [4.78, 5) is 13.2. The molecule has 1 aliphatic carbocycles. The largest absolute Gasteiger partial charge is 0.462 e. The Balaban J connectivity index is 2.27. The number of allylic oxidation sites excluding steroid dienone is 1. The predicted octanol–water partition coefficient (Wildman–Crippen LogP) is 4.44. The minimum atomic E-state index is -1.44. The van der Waals surface area contributed by atoms with Crippen LogP contribution in [0.4, 0.5) is 8.78 Å². The molecule has 0 bridgehead atoms. The van der Waals surface area contributed by atoms with E-state index in [-0.39, 0.29) is 25.4 Å². The quantitative estimate of drug-likeness (QED) is 0.454. The highest BCUT2D eigenvalue weighted by atomic mass is 32.2. The summed E-state index contributed by atoms with van der Waals surface area (Å²) in [6, 6.07) is 7.50. The minimum absolute atomic E-state index is 0.118. The van der Waals surface area contributed by atoms with Crippen molar-refractivity contribution in [3.05, 3.63) is 35.9 Å². The Kier molecular flexibility index (Phi) is 6.00. The summed E-state index contributed by atoms with van der Waals surface area (Å²) in [7, 11) is 0. The summed E-state index contributed by atoms with van der Waals surface area (Å²) in [5, 5.41) is 0. The van der Waals surface area contributed by atoms with Crippen LogP contribution in [0.3, 0.4) is 0 Å². The van der Waals surface area contributed by atoms with Gasteiger partial charge in [0.1, 0.15) is 12.3 Å². The first-order chi connectivity index (χ1) is 10.5. The van der Waals surface area contributed by atoms with Crippen molar-refractivity contribution in [3.63, 3.8) is 0 Å². The first-order valence-electron chi connectivity index (χ1n) is 7.36. The Morgan fingerprint density at radius 2 is 1.86 bits per heavy atom. The van der Waals surface area contributed by atoms with Gasteiger partial charge >= 0.3 is 5.97 Å². The van der Waals surface area contributed by atoms with Gasteiger partial charge in [0.15, 0.2) is 0 Å². The molecule has 2 rings (SSSR count). The van der Waals surface area contributed by atoms with E-state index in [4.69, 9.17) is 4.74 Å². The monoisotopic (exact) mass is 326 g/mol. The van der Waals surface area contributed by atoms with Crippen molar-refractivity contribution in [1.82, 2.24) is 0 Å². The molecule has 0 heterocycles. The van der Waals surface area contributed by atoms with Crippen LogP contribution < -0.4 is 0 Å². The van der Waals surface area contributed by atoms with Gasteiger partial charge in [-0.3, -0.25) is 0 Å². The average molecular weight is 326 g/mol. The van der Waals surface area contributed by atoms with Gasteiger partial charge in [-0.25, -0.2) is 13.6 Å². The molecule has 1 fully saturated rings. The lowest BCUT2D eigenvalue weighted by atomic mass is 9.98. The molecule has 0 aromatic heterocycles. The van der Waals surface area contributed by atoms with Crippen molar-refractivity contribution in [3.8, 4) is 0 Å². The molecular weight excluding hydrogens is 306 g/mol. The van der Waals surface area contributed by atoms with Crippen LogP contribution in [-0.4, -0.2) is 31.2 Å². The lowest BCUT2D eigenvalue weighted by Gasteiger charge is -2.11. The van der Waals surface area contributed by atoms with Gasteiger partial charge in [-0.05, 0) is 49.6 Å². The Labute approximate surface area is 133 Å². The van der Waals surface area contributed by atoms with E-state index in [2.05, 4.69) is 0 Å². The lowest BCUT2D eigenvalue weighted by molar-refractivity contribution is -0.136. The molecule has 0 amide bonds. The van der Waals surface area contributed by atoms with Crippen molar-refractivity contribution in [1.29, 1.82) is 0 Å². The number of esters is 1. The van der Waals surface area contributed by atoms with Gasteiger partial charge in [-0.1, -0.05) is 18.2 Å². The zero-order valence-electron chi connectivity index (χ0n) is 12.7. The third-order valence-electron chi connectivity index (χ3n) is 3.75. The molecule has 0 spiro atoms. The fraction of sp³-hybridized carbons (Fsp3) is 0.471. The number of hydrogen-bond donors (Lipinski definition) is 0. The summed E-state index contributed by atoms with van der Waals surface area (Å²) in [6.45, 7) is 2.00. The standard InChI is InChI=1S/C17H20F2O2S/c1-3-21-17(20)14(8-11-9-15(18)16(19)10-11)12-4-6-13(22-2)7-5-12/h4-8,11,15-16H,3,9-10H2,1-2H3/b14-8+/t11?,15-,16+. The van der Waals surface area contributed by atoms with Crippen LogP contribution in [0.2, 0.25) is 0 Å².